The lowest BCUT2D eigenvalue weighted by molar-refractivity contribution is 0.566. The van der Waals surface area contributed by atoms with Crippen LogP contribution >= 0.6 is 23.4 Å². The molecule has 0 saturated carbocycles. The molecule has 1 aromatic rings. The lowest BCUT2D eigenvalue weighted by atomic mass is 10.1. The number of hydrogen-bond donors (Lipinski definition) is 0. The second-order valence-corrected chi connectivity index (χ2v) is 7.35. The van der Waals surface area contributed by atoms with Gasteiger partial charge in [-0.1, -0.05) is 6.92 Å². The summed E-state index contributed by atoms with van der Waals surface area (Å²) in [6, 6.07) is 0. The van der Waals surface area contributed by atoms with Crippen LogP contribution < -0.4 is 9.80 Å². The Hall–Kier alpha value is -0.750. The van der Waals surface area contributed by atoms with E-state index in [1.165, 1.54) is 25.7 Å². The highest BCUT2D eigenvalue weighted by Crippen LogP contribution is 2.26. The maximum absolute atomic E-state index is 6.14. The van der Waals surface area contributed by atoms with Crippen LogP contribution in [0.3, 0.4) is 0 Å². The minimum absolute atomic E-state index is 0.312. The Bertz CT molecular complexity index is 480. The summed E-state index contributed by atoms with van der Waals surface area (Å²) in [5.41, 5.74) is 0. The Balaban J connectivity index is 1.80. The molecule has 2 fully saturated rings. The highest BCUT2D eigenvalue weighted by atomic mass is 35.5. The first kappa shape index (κ1) is 15.2. The van der Waals surface area contributed by atoms with Crippen molar-refractivity contribution in [2.75, 3.05) is 41.7 Å². The largest absolute Gasteiger partial charge is 0.341 e. The standard InChI is InChI=1S/C14H22ClN5S/c1-2-11-10-20(8-9-21-11)14-17-12(15)16-13(18-14)19-6-4-3-5-7-19/h11H,2-10H2,1H3. The second-order valence-electron chi connectivity index (χ2n) is 5.60. The average molecular weight is 328 g/mol. The Morgan fingerprint density at radius 3 is 2.48 bits per heavy atom. The predicted molar refractivity (Wildman–Crippen MR) is 89.7 cm³/mol. The van der Waals surface area contributed by atoms with Crippen molar-refractivity contribution in [3.05, 3.63) is 5.28 Å². The van der Waals surface area contributed by atoms with E-state index in [1.54, 1.807) is 0 Å². The number of anilines is 2. The van der Waals surface area contributed by atoms with Gasteiger partial charge < -0.3 is 9.80 Å². The van der Waals surface area contributed by atoms with E-state index in [0.29, 0.717) is 10.5 Å². The molecule has 116 valence electrons. The first-order valence-electron chi connectivity index (χ1n) is 7.79. The molecule has 1 atom stereocenters. The molecule has 2 aliphatic heterocycles. The fraction of sp³-hybridized carbons (Fsp3) is 0.786. The number of hydrogen-bond acceptors (Lipinski definition) is 6. The quantitative estimate of drug-likeness (QED) is 0.850. The molecule has 3 heterocycles. The van der Waals surface area contributed by atoms with Gasteiger partial charge in [0.05, 0.1) is 0 Å². The fourth-order valence-corrected chi connectivity index (χ4v) is 4.19. The van der Waals surface area contributed by atoms with Crippen LogP contribution in [0, 0.1) is 0 Å². The van der Waals surface area contributed by atoms with E-state index in [2.05, 4.69) is 31.7 Å². The summed E-state index contributed by atoms with van der Waals surface area (Å²) < 4.78 is 0. The summed E-state index contributed by atoms with van der Waals surface area (Å²) >= 11 is 8.18. The van der Waals surface area contributed by atoms with E-state index < -0.39 is 0 Å². The third kappa shape index (κ3) is 3.72. The summed E-state index contributed by atoms with van der Waals surface area (Å²) in [5.74, 6) is 2.62. The Morgan fingerprint density at radius 1 is 1.05 bits per heavy atom. The maximum Gasteiger partial charge on any atom is 0.231 e. The van der Waals surface area contributed by atoms with Gasteiger partial charge in [0, 0.05) is 37.2 Å². The van der Waals surface area contributed by atoms with E-state index >= 15 is 0 Å². The molecule has 7 heteroatoms. The van der Waals surface area contributed by atoms with Crippen LogP contribution in [0.15, 0.2) is 0 Å². The van der Waals surface area contributed by atoms with Gasteiger partial charge in [0.1, 0.15) is 0 Å². The molecule has 2 saturated heterocycles. The van der Waals surface area contributed by atoms with Crippen molar-refractivity contribution in [3.8, 4) is 0 Å². The van der Waals surface area contributed by atoms with Crippen LogP contribution in [0.25, 0.3) is 0 Å². The SMILES string of the molecule is CCC1CN(c2nc(Cl)nc(N3CCCCC3)n2)CCS1. The molecular weight excluding hydrogens is 306 g/mol. The zero-order chi connectivity index (χ0) is 14.7. The molecule has 0 aliphatic carbocycles. The first-order valence-corrected chi connectivity index (χ1v) is 9.22. The lowest BCUT2D eigenvalue weighted by Gasteiger charge is -2.33. The third-order valence-corrected chi connectivity index (χ3v) is 5.64. The van der Waals surface area contributed by atoms with Gasteiger partial charge >= 0.3 is 0 Å². The van der Waals surface area contributed by atoms with Gasteiger partial charge in [0.2, 0.25) is 17.2 Å². The van der Waals surface area contributed by atoms with Crippen molar-refractivity contribution >= 4 is 35.3 Å². The van der Waals surface area contributed by atoms with E-state index in [0.717, 1.165) is 43.8 Å². The van der Waals surface area contributed by atoms with Gasteiger partial charge in [0.25, 0.3) is 0 Å². The van der Waals surface area contributed by atoms with Crippen LogP contribution in [0.4, 0.5) is 11.9 Å². The van der Waals surface area contributed by atoms with Crippen molar-refractivity contribution < 1.29 is 0 Å². The average Bonchev–Trinajstić information content (AvgIpc) is 2.55. The van der Waals surface area contributed by atoms with Gasteiger partial charge in [-0.05, 0) is 37.3 Å². The van der Waals surface area contributed by atoms with E-state index in [1.807, 2.05) is 11.8 Å². The molecular formula is C14H22ClN5S. The smallest absolute Gasteiger partial charge is 0.231 e. The van der Waals surface area contributed by atoms with Crippen molar-refractivity contribution in [3.63, 3.8) is 0 Å². The van der Waals surface area contributed by atoms with Crippen LogP contribution in [-0.2, 0) is 0 Å². The minimum atomic E-state index is 0.312. The minimum Gasteiger partial charge on any atom is -0.341 e. The van der Waals surface area contributed by atoms with Gasteiger partial charge in [0.15, 0.2) is 0 Å². The Labute approximate surface area is 135 Å². The molecule has 0 radical (unpaired) electrons. The molecule has 1 aromatic heterocycles. The molecule has 0 N–H and O–H groups in total. The molecule has 5 nitrogen and oxygen atoms in total. The monoisotopic (exact) mass is 327 g/mol. The topological polar surface area (TPSA) is 45.2 Å². The van der Waals surface area contributed by atoms with E-state index in [4.69, 9.17) is 11.6 Å². The molecule has 2 aliphatic rings. The summed E-state index contributed by atoms with van der Waals surface area (Å²) in [4.78, 5) is 17.9. The molecule has 1 unspecified atom stereocenters. The number of aromatic nitrogens is 3. The number of halogens is 1. The normalized spacial score (nSPS) is 23.4. The maximum atomic E-state index is 6.14. The summed E-state index contributed by atoms with van der Waals surface area (Å²) in [6.45, 7) is 6.27. The Morgan fingerprint density at radius 2 is 1.76 bits per heavy atom. The second kappa shape index (κ2) is 7.01. The van der Waals surface area contributed by atoms with Gasteiger partial charge in [-0.2, -0.15) is 26.7 Å². The zero-order valence-electron chi connectivity index (χ0n) is 12.5. The number of nitrogens with zero attached hydrogens (tertiary/aromatic N) is 5. The third-order valence-electron chi connectivity index (χ3n) is 4.10. The molecule has 0 bridgehead atoms. The lowest BCUT2D eigenvalue weighted by Crippen LogP contribution is -2.39. The van der Waals surface area contributed by atoms with Gasteiger partial charge in [-0.15, -0.1) is 0 Å². The molecule has 0 spiro atoms. The van der Waals surface area contributed by atoms with Crippen molar-refractivity contribution in [1.29, 1.82) is 0 Å². The molecule has 0 aromatic carbocycles. The molecule has 3 rings (SSSR count). The molecule has 21 heavy (non-hydrogen) atoms. The molecule has 0 amide bonds. The fourth-order valence-electron chi connectivity index (χ4n) is 2.85. The highest BCUT2D eigenvalue weighted by molar-refractivity contribution is 8.00. The number of thioether (sulfide) groups is 1. The van der Waals surface area contributed by atoms with Crippen molar-refractivity contribution in [1.82, 2.24) is 15.0 Å². The van der Waals surface area contributed by atoms with Crippen LogP contribution in [0.1, 0.15) is 32.6 Å². The van der Waals surface area contributed by atoms with Crippen LogP contribution in [-0.4, -0.2) is 52.1 Å². The highest BCUT2D eigenvalue weighted by Gasteiger charge is 2.23. The zero-order valence-corrected chi connectivity index (χ0v) is 14.0. The first-order chi connectivity index (χ1) is 10.3. The van der Waals surface area contributed by atoms with Crippen molar-refractivity contribution in [2.45, 2.75) is 37.9 Å². The van der Waals surface area contributed by atoms with Gasteiger partial charge in [-0.3, -0.25) is 0 Å². The Kier molecular flexibility index (Phi) is 5.06. The summed E-state index contributed by atoms with van der Waals surface area (Å²) in [5, 5.41) is 0.972. The summed E-state index contributed by atoms with van der Waals surface area (Å²) in [7, 11) is 0. The predicted octanol–water partition coefficient (Wildman–Crippen LogP) is 2.85. The van der Waals surface area contributed by atoms with Crippen LogP contribution in [0.5, 0.6) is 0 Å². The van der Waals surface area contributed by atoms with Crippen LogP contribution in [0.2, 0.25) is 5.28 Å². The van der Waals surface area contributed by atoms with Gasteiger partial charge in [-0.25, -0.2) is 0 Å². The van der Waals surface area contributed by atoms with E-state index in [-0.39, 0.29) is 0 Å². The van der Waals surface area contributed by atoms with E-state index in [9.17, 15) is 0 Å². The van der Waals surface area contributed by atoms with Crippen molar-refractivity contribution in [2.24, 2.45) is 0 Å². The summed E-state index contributed by atoms with van der Waals surface area (Å²) in [6.07, 6.45) is 4.89. The number of rotatable bonds is 3. The number of piperidine rings is 1.